The molecule has 4 saturated heterocycles. The van der Waals surface area contributed by atoms with E-state index in [0.717, 1.165) is 31.4 Å². The maximum Gasteiger partial charge on any atom is 0.323 e. The summed E-state index contributed by atoms with van der Waals surface area (Å²) in [4.78, 5) is 284. The fourth-order valence-electron chi connectivity index (χ4n) is 17.7. The van der Waals surface area contributed by atoms with Crippen LogP contribution in [0.15, 0.2) is 85.2 Å². The highest BCUT2D eigenvalue weighted by atomic mass is 32.2. The molecule has 3 aromatic carbocycles. The van der Waals surface area contributed by atoms with Gasteiger partial charge in [-0.2, -0.15) is 0 Å². The van der Waals surface area contributed by atoms with Crippen LogP contribution in [-0.4, -0.2) is 311 Å². The van der Waals surface area contributed by atoms with Crippen LogP contribution in [0.1, 0.15) is 160 Å². The van der Waals surface area contributed by atoms with Gasteiger partial charge in [-0.25, -0.2) is 0 Å². The molecule has 4 aliphatic rings. The van der Waals surface area contributed by atoms with E-state index < -0.39 is 247 Å². The van der Waals surface area contributed by atoms with Crippen LogP contribution >= 0.6 is 11.8 Å². The maximum absolute atomic E-state index is 16.0. The van der Waals surface area contributed by atoms with Crippen molar-refractivity contribution in [3.63, 3.8) is 0 Å². The molecule has 740 valence electrons. The Balaban J connectivity index is 1.11. The number of aromatic hydroxyl groups is 1. The quantitative estimate of drug-likeness (QED) is 0.0274. The first-order valence-electron chi connectivity index (χ1n) is 46.2. The number of primary amides is 2. The summed E-state index contributed by atoms with van der Waals surface area (Å²) in [5.41, 5.74) is 26.0. The third kappa shape index (κ3) is 29.1. The van der Waals surface area contributed by atoms with Gasteiger partial charge in [-0.1, -0.05) is 102 Å². The Morgan fingerprint density at radius 2 is 1.01 bits per heavy atom. The lowest BCUT2D eigenvalue weighted by molar-refractivity contribution is -0.149. The van der Waals surface area contributed by atoms with Gasteiger partial charge in [-0.3, -0.25) is 91.1 Å². The lowest BCUT2D eigenvalue weighted by Gasteiger charge is -2.38. The van der Waals surface area contributed by atoms with E-state index in [1.54, 1.807) is 68.6 Å². The van der Waals surface area contributed by atoms with E-state index in [1.165, 1.54) is 54.0 Å². The number of hydrogen-bond acceptors (Lipinski definition) is 23. The van der Waals surface area contributed by atoms with Crippen LogP contribution in [0.3, 0.4) is 0 Å². The monoisotopic (exact) mass is 1910 g/mol. The molecule has 0 saturated carbocycles. The molecule has 4 aliphatic heterocycles. The number of aromatic nitrogens is 2. The van der Waals surface area contributed by atoms with Crippen molar-refractivity contribution in [1.82, 2.24) is 87.2 Å². The highest BCUT2D eigenvalue weighted by molar-refractivity contribution is 8.00. The number of aromatic amines is 1. The average molecular weight is 1910 g/mol. The SMILES string of the molecule is CCCC[C@H]1C(=O)N(C)[C@@H](CCCC)C(=O)N[C@@H](CC(C)C)C(=O)N[C@H](C(=O)NCC(N)=O)CSCC(=O)N[C@@H](Cc2ccc(O)cc2)C(=O)N2CCCC[C@H]2C(=O)N[C@@H](CC(N)=O)C(=O)N2CCC[C@H]2C(=O)N[C@@H](CN)C(=O)N[C@@H](CCC(=O)O)C(=O)N2CCC[C@H]2C(=O)N[C@@H](Cc2c[nH]c3ccccc23)C(=O)N[C@@H](CCN)C(=O)N[C@@H](Cc2cn(CC(=O)O)c3ccccc23)C(=O)N1C. The second-order valence-corrected chi connectivity index (χ2v) is 36.4. The molecular formula is C92H129N21O22S. The lowest BCUT2D eigenvalue weighted by atomic mass is 9.97. The van der Waals surface area contributed by atoms with E-state index in [-0.39, 0.29) is 115 Å². The number of nitrogens with two attached hydrogens (primary N) is 4. The number of para-hydroxylation sites is 2. The van der Waals surface area contributed by atoms with Crippen LogP contribution in [-0.2, 0) is 117 Å². The minimum atomic E-state index is -1.77. The van der Waals surface area contributed by atoms with Crippen LogP contribution in [0.4, 0.5) is 0 Å². The van der Waals surface area contributed by atoms with Gasteiger partial charge >= 0.3 is 11.9 Å². The first-order chi connectivity index (χ1) is 64.8. The molecule has 44 heteroatoms. The maximum atomic E-state index is 16.0. The molecule has 14 atom stereocenters. The Hall–Kier alpha value is -13.3. The number of carbonyl (C=O) groups excluding carboxylic acids is 17. The molecule has 2 aromatic heterocycles. The number of unbranched alkanes of at least 4 members (excludes halogenated alkanes) is 2. The standard InChI is InChI=1S/C92H129N21O22S/c1-7-9-22-69-84(127)102-61(39-51(3)4)81(124)107-67(79(122)98-46-75(96)116)49-136-50-76(117)99-63(40-52-28-30-55(114)31-29-52)90(133)111-36-16-15-25-70(111)86(129)105-65(43-74(95)115)91(134)113-38-18-27-72(113)87(130)106-66(44-94)83(126)101-60(32-33-77(118)119)89(132)112-37-17-26-71(112)85(128)103-62(41-53-45-97-58-21-13-11-19-56(53)58)82(125)100-59(34-35-93)80(123)104-64(88(131)109(6)73(23-10-8-2)92(135)108(69)5)42-54-47-110(48-78(120)121)68-24-14-12-20-57(54)68/h11-14,19-21,24,28-31,45,47,51,59-67,69-73,97,114H,7-10,15-18,22-23,25-27,32-44,46,48-50,93-94H2,1-6H3,(H2,95,115)(H2,96,116)(H,98,122)(H,99,117)(H,100,125)(H,101,126)(H,102,127)(H,103,128)(H,104,123)(H,105,129)(H,106,130)(H,107,124)(H,118,119)(H,120,121)/t59-,60-,61-,62-,63-,64-,65-,66-,67-,69-,70-,71-,72-,73-/m0/s1. The Morgan fingerprint density at radius 3 is 1.62 bits per heavy atom. The van der Waals surface area contributed by atoms with Gasteiger partial charge in [0.15, 0.2) is 0 Å². The second kappa shape index (κ2) is 50.9. The van der Waals surface area contributed by atoms with E-state index in [1.807, 2.05) is 13.8 Å². The molecule has 4 fully saturated rings. The Kier molecular flexibility index (Phi) is 39.8. The predicted molar refractivity (Wildman–Crippen MR) is 498 cm³/mol. The van der Waals surface area contributed by atoms with Crippen molar-refractivity contribution in [2.24, 2.45) is 28.9 Å². The number of H-pyrrole nitrogens is 1. The summed E-state index contributed by atoms with van der Waals surface area (Å²) in [5, 5.41) is 58.1. The molecule has 22 N–H and O–H groups in total. The number of hydrogen-bond donors (Lipinski definition) is 18. The van der Waals surface area contributed by atoms with Crippen molar-refractivity contribution in [3.05, 3.63) is 102 Å². The zero-order valence-electron chi connectivity index (χ0n) is 77.5. The molecule has 0 unspecified atom stereocenters. The summed E-state index contributed by atoms with van der Waals surface area (Å²) >= 11 is 0.797. The summed E-state index contributed by atoms with van der Waals surface area (Å²) in [6.07, 6.45) is 2.26. The highest BCUT2D eigenvalue weighted by Crippen LogP contribution is 2.30. The third-order valence-electron chi connectivity index (χ3n) is 24.8. The highest BCUT2D eigenvalue weighted by Gasteiger charge is 2.46. The van der Waals surface area contributed by atoms with Crippen LogP contribution in [0, 0.1) is 5.92 Å². The van der Waals surface area contributed by atoms with Crippen LogP contribution in [0.5, 0.6) is 5.75 Å². The number of benzene rings is 3. The summed E-state index contributed by atoms with van der Waals surface area (Å²) in [6.45, 7) is 4.67. The summed E-state index contributed by atoms with van der Waals surface area (Å²) in [6, 6.07) is -2.18. The van der Waals surface area contributed by atoms with Gasteiger partial charge in [-0.05, 0) is 130 Å². The molecule has 6 heterocycles. The van der Waals surface area contributed by atoms with Crippen molar-refractivity contribution in [3.8, 4) is 5.75 Å². The van der Waals surface area contributed by atoms with Gasteiger partial charge in [0, 0.05) is 106 Å². The van der Waals surface area contributed by atoms with E-state index in [9.17, 15) is 68.1 Å². The molecular weight excluding hydrogens is 1780 g/mol. The number of piperidine rings is 1. The number of nitrogens with zero attached hydrogens (tertiary/aromatic N) is 6. The van der Waals surface area contributed by atoms with Gasteiger partial charge in [0.2, 0.25) is 100 Å². The number of nitrogens with one attached hydrogen (secondary N) is 11. The number of rotatable bonds is 27. The first-order valence-corrected chi connectivity index (χ1v) is 47.3. The zero-order chi connectivity index (χ0) is 99.3. The summed E-state index contributed by atoms with van der Waals surface area (Å²) in [7, 11) is 2.69. The van der Waals surface area contributed by atoms with Crippen LogP contribution < -0.4 is 76.1 Å². The van der Waals surface area contributed by atoms with Gasteiger partial charge in [0.1, 0.15) is 96.9 Å². The first kappa shape index (κ1) is 106. The number of aliphatic carboxylic acids is 2. The predicted octanol–water partition coefficient (Wildman–Crippen LogP) is -1.86. The molecule has 136 heavy (non-hydrogen) atoms. The minimum Gasteiger partial charge on any atom is -0.508 e. The van der Waals surface area contributed by atoms with Crippen molar-refractivity contribution >= 4 is 146 Å². The van der Waals surface area contributed by atoms with E-state index in [4.69, 9.17) is 22.9 Å². The Morgan fingerprint density at radius 1 is 0.500 bits per heavy atom. The normalized spacial score (nSPS) is 24.6. The van der Waals surface area contributed by atoms with E-state index in [2.05, 4.69) is 58.2 Å². The van der Waals surface area contributed by atoms with E-state index >= 15 is 38.4 Å². The number of likely N-dealkylation sites (N-methyl/N-ethyl adjacent to an activating group) is 2. The number of amides is 17. The number of carbonyl (C=O) groups is 19. The van der Waals surface area contributed by atoms with Gasteiger partial charge in [0.25, 0.3) is 0 Å². The molecule has 9 rings (SSSR count). The average Bonchev–Trinajstić information content (AvgIpc) is 1.65. The second-order valence-electron chi connectivity index (χ2n) is 35.3. The van der Waals surface area contributed by atoms with E-state index in [0.29, 0.717) is 77.0 Å². The molecule has 0 bridgehead atoms. The minimum absolute atomic E-state index is 0.000429. The number of carboxylic acids is 2. The molecule has 43 nitrogen and oxygen atoms in total. The summed E-state index contributed by atoms with van der Waals surface area (Å²) < 4.78 is 1.44. The molecule has 17 amide bonds. The molecule has 5 aromatic rings. The smallest absolute Gasteiger partial charge is 0.323 e. The zero-order valence-corrected chi connectivity index (χ0v) is 78.3. The largest absolute Gasteiger partial charge is 0.508 e. The third-order valence-corrected chi connectivity index (χ3v) is 25.8. The van der Waals surface area contributed by atoms with Crippen molar-refractivity contribution in [1.29, 1.82) is 0 Å². The van der Waals surface area contributed by atoms with Crippen molar-refractivity contribution in [2.75, 3.05) is 64.9 Å². The topological polar surface area (TPSA) is 646 Å². The van der Waals surface area contributed by atoms with Crippen LogP contribution in [0.25, 0.3) is 21.8 Å². The number of phenolic OH excluding ortho intramolecular Hbond substituents is 1. The molecule has 0 radical (unpaired) electrons. The fourth-order valence-corrected chi connectivity index (χ4v) is 18.5. The van der Waals surface area contributed by atoms with Crippen molar-refractivity contribution in [2.45, 2.75) is 254 Å². The van der Waals surface area contributed by atoms with Gasteiger partial charge in [-0.15, -0.1) is 11.8 Å². The number of fused-ring (bicyclic) bond motifs is 5. The molecule has 0 spiro atoms. The van der Waals surface area contributed by atoms with Gasteiger partial charge < -0.3 is 125 Å². The molecule has 0 aliphatic carbocycles. The number of thioether (sulfide) groups is 1. The fraction of sp³-hybridized carbons (Fsp3) is 0.554. The summed E-state index contributed by atoms with van der Waals surface area (Å²) in [5.74, 6) is -19.8. The lowest BCUT2D eigenvalue weighted by Crippen LogP contribution is -2.62. The Bertz CT molecular complexity index is 5160. The van der Waals surface area contributed by atoms with Crippen molar-refractivity contribution < 1.29 is 106 Å². The Labute approximate surface area is 790 Å². The number of phenols is 1. The van der Waals surface area contributed by atoms with Crippen LogP contribution in [0.2, 0.25) is 0 Å². The van der Waals surface area contributed by atoms with Gasteiger partial charge in [0.05, 0.1) is 18.7 Å². The number of carboxylic acid groups (broad SMARTS) is 2.